The molecule has 104 valence electrons. The lowest BCUT2D eigenvalue weighted by molar-refractivity contribution is -0.384. The smallest absolute Gasteiger partial charge is 0.312 e. The van der Waals surface area contributed by atoms with Crippen molar-refractivity contribution in [3.63, 3.8) is 0 Å². The second-order valence-electron chi connectivity index (χ2n) is 3.99. The number of para-hydroxylation sites is 1. The fourth-order valence-electron chi connectivity index (χ4n) is 1.62. The largest absolute Gasteiger partial charge is 0.407 e. The molecule has 0 amide bonds. The first kappa shape index (κ1) is 14.1. The summed E-state index contributed by atoms with van der Waals surface area (Å²) in [6, 6.07) is 6.33. The van der Waals surface area contributed by atoms with Crippen molar-refractivity contribution in [2.45, 2.75) is 19.8 Å². The summed E-state index contributed by atoms with van der Waals surface area (Å²) in [6.45, 7) is 1.88. The van der Waals surface area contributed by atoms with Crippen LogP contribution in [-0.4, -0.2) is 15.9 Å². The van der Waals surface area contributed by atoms with Crippen molar-refractivity contribution in [2.75, 3.05) is 0 Å². The highest BCUT2D eigenvalue weighted by Gasteiger charge is 2.18. The van der Waals surface area contributed by atoms with E-state index in [9.17, 15) is 14.9 Å². The number of hydrogen-bond donors (Lipinski definition) is 0. The lowest BCUT2D eigenvalue weighted by Gasteiger charge is -1.99. The molecule has 0 saturated carbocycles. The van der Waals surface area contributed by atoms with Crippen LogP contribution < -0.4 is 4.74 Å². The molecule has 2 aromatic rings. The van der Waals surface area contributed by atoms with Gasteiger partial charge < -0.3 is 4.74 Å². The molecule has 0 aliphatic heterocycles. The summed E-state index contributed by atoms with van der Waals surface area (Å²) >= 11 is 1.20. The summed E-state index contributed by atoms with van der Waals surface area (Å²) in [5, 5.41) is 13.0. The highest BCUT2D eigenvalue weighted by atomic mass is 32.1. The number of rotatable bonds is 5. The Bertz CT molecular complexity index is 639. The van der Waals surface area contributed by atoms with Gasteiger partial charge in [-0.25, -0.2) is 4.98 Å². The molecule has 0 aliphatic carbocycles. The molecule has 1 heterocycles. The summed E-state index contributed by atoms with van der Waals surface area (Å²) < 4.78 is 5.05. The fraction of sp³-hybridized carbons (Fsp3) is 0.231. The first-order valence-corrected chi connectivity index (χ1v) is 6.89. The lowest BCUT2D eigenvalue weighted by atomic mass is 10.2. The molecule has 0 bridgehead atoms. The molecular weight excluding hydrogens is 280 g/mol. The zero-order valence-electron chi connectivity index (χ0n) is 10.7. The van der Waals surface area contributed by atoms with Crippen molar-refractivity contribution >= 4 is 23.0 Å². The Balaban J connectivity index is 2.25. The Morgan fingerprint density at radius 3 is 2.90 bits per heavy atom. The minimum absolute atomic E-state index is 0.0201. The molecule has 0 N–H and O–H groups in total. The van der Waals surface area contributed by atoms with E-state index in [1.165, 1.54) is 17.4 Å². The molecule has 0 saturated heterocycles. The molecular formula is C13H12N2O4S. The average Bonchev–Trinajstić information content (AvgIpc) is 2.87. The first-order valence-electron chi connectivity index (χ1n) is 6.01. The van der Waals surface area contributed by atoms with Gasteiger partial charge in [-0.1, -0.05) is 19.1 Å². The number of nitro groups is 1. The molecule has 2 rings (SSSR count). The summed E-state index contributed by atoms with van der Waals surface area (Å²) in [5.41, 5.74) is 0.397. The van der Waals surface area contributed by atoms with Crippen molar-refractivity contribution in [3.8, 4) is 16.5 Å². The van der Waals surface area contributed by atoms with Gasteiger partial charge in [-0.3, -0.25) is 14.9 Å². The van der Waals surface area contributed by atoms with Crippen LogP contribution >= 0.6 is 11.3 Å². The van der Waals surface area contributed by atoms with Crippen LogP contribution in [0.3, 0.4) is 0 Å². The Morgan fingerprint density at radius 1 is 1.45 bits per heavy atom. The Morgan fingerprint density at radius 2 is 2.20 bits per heavy atom. The van der Waals surface area contributed by atoms with Crippen LogP contribution in [0, 0.1) is 10.1 Å². The van der Waals surface area contributed by atoms with Crippen LogP contribution in [0.25, 0.3) is 10.6 Å². The molecule has 0 unspecified atom stereocenters. The van der Waals surface area contributed by atoms with E-state index in [2.05, 4.69) is 4.98 Å². The molecule has 20 heavy (non-hydrogen) atoms. The first-order chi connectivity index (χ1) is 9.61. The highest BCUT2D eigenvalue weighted by molar-refractivity contribution is 7.13. The van der Waals surface area contributed by atoms with Crippen LogP contribution in [0.5, 0.6) is 5.88 Å². The molecule has 1 aromatic heterocycles. The van der Waals surface area contributed by atoms with Crippen LogP contribution in [0.4, 0.5) is 5.69 Å². The van der Waals surface area contributed by atoms with Gasteiger partial charge in [0, 0.05) is 12.5 Å². The number of aromatic nitrogens is 1. The number of benzene rings is 1. The summed E-state index contributed by atoms with van der Waals surface area (Å²) in [5.74, 6) is -0.173. The van der Waals surface area contributed by atoms with Gasteiger partial charge in [0.2, 0.25) is 5.88 Å². The molecule has 0 spiro atoms. The standard InChI is InChI=1S/C13H12N2O4S/c1-2-5-12(16)19-11-8-20-13(14-11)9-6-3-4-7-10(9)15(17)18/h3-4,6-8H,2,5H2,1H3. The Labute approximate surface area is 119 Å². The number of nitrogens with zero attached hydrogens (tertiary/aromatic N) is 2. The fourth-order valence-corrected chi connectivity index (χ4v) is 2.37. The number of ether oxygens (including phenoxy) is 1. The van der Waals surface area contributed by atoms with Gasteiger partial charge in [0.05, 0.1) is 15.9 Å². The Hall–Kier alpha value is -2.28. The Kier molecular flexibility index (Phi) is 4.41. The summed E-state index contributed by atoms with van der Waals surface area (Å²) in [4.78, 5) is 26.0. The van der Waals surface area contributed by atoms with Crippen LogP contribution in [0.2, 0.25) is 0 Å². The molecule has 6 nitrogen and oxygen atoms in total. The third-order valence-corrected chi connectivity index (χ3v) is 3.34. The lowest BCUT2D eigenvalue weighted by Crippen LogP contribution is -2.06. The number of carbonyl (C=O) groups excluding carboxylic acids is 1. The van der Waals surface area contributed by atoms with Gasteiger partial charge in [0.25, 0.3) is 5.69 Å². The monoisotopic (exact) mass is 292 g/mol. The minimum Gasteiger partial charge on any atom is -0.407 e. The normalized spacial score (nSPS) is 10.2. The van der Waals surface area contributed by atoms with E-state index in [0.717, 1.165) is 0 Å². The molecule has 0 radical (unpaired) electrons. The quantitative estimate of drug-likeness (QED) is 0.479. The molecule has 0 aliphatic rings. The van der Waals surface area contributed by atoms with Crippen molar-refractivity contribution in [3.05, 3.63) is 39.8 Å². The zero-order valence-corrected chi connectivity index (χ0v) is 11.6. The highest BCUT2D eigenvalue weighted by Crippen LogP contribution is 2.33. The van der Waals surface area contributed by atoms with Crippen molar-refractivity contribution in [1.82, 2.24) is 4.98 Å². The van der Waals surface area contributed by atoms with E-state index >= 15 is 0 Å². The molecule has 1 aromatic carbocycles. The van der Waals surface area contributed by atoms with E-state index in [1.54, 1.807) is 23.6 Å². The van der Waals surface area contributed by atoms with Crippen LogP contribution in [0.15, 0.2) is 29.6 Å². The summed E-state index contributed by atoms with van der Waals surface area (Å²) in [6.07, 6.45) is 1.01. The second-order valence-corrected chi connectivity index (χ2v) is 4.85. The van der Waals surface area contributed by atoms with Crippen molar-refractivity contribution in [2.24, 2.45) is 0 Å². The maximum Gasteiger partial charge on any atom is 0.312 e. The van der Waals surface area contributed by atoms with E-state index in [1.807, 2.05) is 6.92 Å². The molecule has 0 fully saturated rings. The average molecular weight is 292 g/mol. The van der Waals surface area contributed by atoms with Crippen molar-refractivity contribution in [1.29, 1.82) is 0 Å². The summed E-state index contributed by atoms with van der Waals surface area (Å²) in [7, 11) is 0. The van der Waals surface area contributed by atoms with Crippen LogP contribution in [0.1, 0.15) is 19.8 Å². The maximum atomic E-state index is 11.4. The number of esters is 1. The van der Waals surface area contributed by atoms with E-state index in [4.69, 9.17) is 4.74 Å². The minimum atomic E-state index is -0.459. The molecule has 0 atom stereocenters. The second kappa shape index (κ2) is 6.25. The SMILES string of the molecule is CCCC(=O)Oc1csc(-c2ccccc2[N+](=O)[O-])n1. The van der Waals surface area contributed by atoms with Gasteiger partial charge in [0.15, 0.2) is 0 Å². The van der Waals surface area contributed by atoms with Gasteiger partial charge >= 0.3 is 5.97 Å². The van der Waals surface area contributed by atoms with Gasteiger partial charge in [-0.2, -0.15) is 0 Å². The third kappa shape index (κ3) is 3.18. The van der Waals surface area contributed by atoms with Gasteiger partial charge in [-0.15, -0.1) is 11.3 Å². The zero-order chi connectivity index (χ0) is 14.5. The maximum absolute atomic E-state index is 11.4. The topological polar surface area (TPSA) is 82.3 Å². The number of hydrogen-bond acceptors (Lipinski definition) is 6. The van der Waals surface area contributed by atoms with E-state index in [-0.39, 0.29) is 17.5 Å². The predicted molar refractivity (Wildman–Crippen MR) is 74.7 cm³/mol. The van der Waals surface area contributed by atoms with Crippen molar-refractivity contribution < 1.29 is 14.5 Å². The molecule has 7 heteroatoms. The van der Waals surface area contributed by atoms with E-state index in [0.29, 0.717) is 23.4 Å². The number of nitro benzene ring substituents is 1. The number of thiazole rings is 1. The van der Waals surface area contributed by atoms with Gasteiger partial charge in [0.1, 0.15) is 5.01 Å². The predicted octanol–water partition coefficient (Wildman–Crippen LogP) is 3.42. The third-order valence-electron chi connectivity index (χ3n) is 2.49. The van der Waals surface area contributed by atoms with Gasteiger partial charge in [-0.05, 0) is 12.5 Å². The van der Waals surface area contributed by atoms with Crippen LogP contribution in [-0.2, 0) is 4.79 Å². The van der Waals surface area contributed by atoms with E-state index < -0.39 is 4.92 Å². The number of carbonyl (C=O) groups is 1.